The standard InChI is InChI=1S/C29H24N2O3/c1-2-19-34-23-17-15-21(16-18-23)26-27(29(33)31(28(26)32)22-11-4-3-5-12-22)30-25-14-8-10-20-9-6-7-13-24(20)25/h3-18,30H,2,19H2,1H3. The summed E-state index contributed by atoms with van der Waals surface area (Å²) in [7, 11) is 0. The molecular weight excluding hydrogens is 424 g/mol. The van der Waals surface area contributed by atoms with Crippen molar-refractivity contribution in [2.24, 2.45) is 0 Å². The molecule has 1 aliphatic rings. The van der Waals surface area contributed by atoms with Crippen molar-refractivity contribution >= 4 is 39.5 Å². The van der Waals surface area contributed by atoms with Gasteiger partial charge in [0.25, 0.3) is 11.8 Å². The smallest absolute Gasteiger partial charge is 0.282 e. The van der Waals surface area contributed by atoms with E-state index < -0.39 is 0 Å². The summed E-state index contributed by atoms with van der Waals surface area (Å²) in [4.78, 5) is 28.4. The SMILES string of the molecule is CCCOc1ccc(C2=C(Nc3cccc4ccccc34)C(=O)N(c3ccccc3)C2=O)cc1. The van der Waals surface area contributed by atoms with Crippen molar-refractivity contribution < 1.29 is 14.3 Å². The zero-order valence-electron chi connectivity index (χ0n) is 18.8. The van der Waals surface area contributed by atoms with Gasteiger partial charge in [0.2, 0.25) is 0 Å². The van der Waals surface area contributed by atoms with Crippen LogP contribution in [0.2, 0.25) is 0 Å². The average molecular weight is 449 g/mol. The number of hydrogen-bond donors (Lipinski definition) is 1. The summed E-state index contributed by atoms with van der Waals surface area (Å²) in [5.74, 6) is -0.0157. The first-order chi connectivity index (χ1) is 16.7. The first-order valence-electron chi connectivity index (χ1n) is 11.3. The number of nitrogens with zero attached hydrogens (tertiary/aromatic N) is 1. The van der Waals surface area contributed by atoms with E-state index in [9.17, 15) is 9.59 Å². The lowest BCUT2D eigenvalue weighted by atomic mass is 10.0. The van der Waals surface area contributed by atoms with Crippen LogP contribution in [0.25, 0.3) is 16.3 Å². The number of ether oxygens (including phenoxy) is 1. The molecule has 5 nitrogen and oxygen atoms in total. The van der Waals surface area contributed by atoms with Crippen molar-refractivity contribution in [2.45, 2.75) is 13.3 Å². The fourth-order valence-electron chi connectivity index (χ4n) is 4.13. The van der Waals surface area contributed by atoms with Crippen molar-refractivity contribution in [3.8, 4) is 5.75 Å². The first kappa shape index (κ1) is 21.5. The van der Waals surface area contributed by atoms with E-state index in [0.717, 1.165) is 28.6 Å². The predicted molar refractivity (Wildman–Crippen MR) is 136 cm³/mol. The van der Waals surface area contributed by atoms with Gasteiger partial charge in [0, 0.05) is 11.1 Å². The highest BCUT2D eigenvalue weighted by molar-refractivity contribution is 6.46. The number of fused-ring (bicyclic) bond motifs is 1. The molecule has 2 amide bonds. The molecule has 0 aromatic heterocycles. The highest BCUT2D eigenvalue weighted by atomic mass is 16.5. The molecule has 5 rings (SSSR count). The Morgan fingerprint density at radius 1 is 0.765 bits per heavy atom. The summed E-state index contributed by atoms with van der Waals surface area (Å²) < 4.78 is 5.69. The van der Waals surface area contributed by atoms with E-state index in [1.807, 2.05) is 91.9 Å². The summed E-state index contributed by atoms with van der Waals surface area (Å²) in [5, 5.41) is 5.31. The molecule has 5 heteroatoms. The summed E-state index contributed by atoms with van der Waals surface area (Å²) in [6.45, 7) is 2.67. The summed E-state index contributed by atoms with van der Waals surface area (Å²) in [6.07, 6.45) is 0.908. The monoisotopic (exact) mass is 448 g/mol. The Morgan fingerprint density at radius 3 is 2.24 bits per heavy atom. The first-order valence-corrected chi connectivity index (χ1v) is 11.3. The average Bonchev–Trinajstić information content (AvgIpc) is 3.12. The maximum atomic E-state index is 13.6. The molecule has 0 unspecified atom stereocenters. The number of benzene rings is 4. The van der Waals surface area contributed by atoms with Crippen molar-refractivity contribution in [3.05, 3.63) is 108 Å². The Hall–Kier alpha value is -4.38. The van der Waals surface area contributed by atoms with Crippen LogP contribution in [-0.4, -0.2) is 18.4 Å². The molecule has 0 saturated carbocycles. The molecule has 0 aliphatic carbocycles. The molecule has 1 heterocycles. The Bertz CT molecular complexity index is 1390. The third-order valence-electron chi connectivity index (χ3n) is 5.76. The van der Waals surface area contributed by atoms with Crippen LogP contribution in [0.4, 0.5) is 11.4 Å². The molecule has 1 N–H and O–H groups in total. The maximum absolute atomic E-state index is 13.6. The van der Waals surface area contributed by atoms with Crippen molar-refractivity contribution in [3.63, 3.8) is 0 Å². The number of para-hydroxylation sites is 1. The zero-order chi connectivity index (χ0) is 23.5. The molecule has 4 aromatic rings. The Morgan fingerprint density at radius 2 is 1.47 bits per heavy atom. The zero-order valence-corrected chi connectivity index (χ0v) is 18.8. The molecule has 0 spiro atoms. The Balaban J connectivity index is 1.60. The molecule has 0 atom stereocenters. The van der Waals surface area contributed by atoms with Crippen molar-refractivity contribution in [2.75, 3.05) is 16.8 Å². The van der Waals surface area contributed by atoms with Crippen LogP contribution in [0.5, 0.6) is 5.75 Å². The predicted octanol–water partition coefficient (Wildman–Crippen LogP) is 6.03. The van der Waals surface area contributed by atoms with Crippen molar-refractivity contribution in [1.82, 2.24) is 0 Å². The second kappa shape index (κ2) is 9.24. The second-order valence-electron chi connectivity index (χ2n) is 8.06. The van der Waals surface area contributed by atoms with Crippen LogP contribution in [0.1, 0.15) is 18.9 Å². The molecule has 0 bridgehead atoms. The van der Waals surface area contributed by atoms with E-state index in [2.05, 4.69) is 5.32 Å². The molecule has 1 aliphatic heterocycles. The summed E-state index contributed by atoms with van der Waals surface area (Å²) in [6, 6.07) is 30.1. The minimum Gasteiger partial charge on any atom is -0.494 e. The Labute approximate surface area is 198 Å². The lowest BCUT2D eigenvalue weighted by molar-refractivity contribution is -0.120. The van der Waals surface area contributed by atoms with Crippen molar-refractivity contribution in [1.29, 1.82) is 0 Å². The van der Waals surface area contributed by atoms with Crippen LogP contribution >= 0.6 is 0 Å². The van der Waals surface area contributed by atoms with E-state index in [0.29, 0.717) is 23.4 Å². The number of anilines is 2. The van der Waals surface area contributed by atoms with Gasteiger partial charge >= 0.3 is 0 Å². The van der Waals surface area contributed by atoms with Gasteiger partial charge in [-0.25, -0.2) is 4.90 Å². The lowest BCUT2D eigenvalue weighted by Crippen LogP contribution is -2.32. The van der Waals surface area contributed by atoms with Gasteiger partial charge in [-0.2, -0.15) is 0 Å². The molecule has 34 heavy (non-hydrogen) atoms. The number of carbonyl (C=O) groups is 2. The third kappa shape index (κ3) is 3.92. The number of nitrogens with one attached hydrogen (secondary N) is 1. The number of hydrogen-bond acceptors (Lipinski definition) is 4. The van der Waals surface area contributed by atoms with Crippen LogP contribution in [-0.2, 0) is 9.59 Å². The van der Waals surface area contributed by atoms with Gasteiger partial charge in [0.05, 0.1) is 17.9 Å². The maximum Gasteiger partial charge on any atom is 0.282 e. The normalized spacial score (nSPS) is 13.6. The highest BCUT2D eigenvalue weighted by Gasteiger charge is 2.40. The second-order valence-corrected chi connectivity index (χ2v) is 8.06. The fraction of sp³-hybridized carbons (Fsp3) is 0.103. The van der Waals surface area contributed by atoms with E-state index in [1.54, 1.807) is 12.1 Å². The lowest BCUT2D eigenvalue weighted by Gasteiger charge is -2.15. The van der Waals surface area contributed by atoms with Gasteiger partial charge < -0.3 is 10.1 Å². The fourth-order valence-corrected chi connectivity index (χ4v) is 4.13. The number of rotatable bonds is 7. The van der Waals surface area contributed by atoms with E-state index in [-0.39, 0.29) is 17.5 Å². The summed E-state index contributed by atoms with van der Waals surface area (Å²) in [5.41, 5.74) is 2.55. The molecule has 0 radical (unpaired) electrons. The van der Waals surface area contributed by atoms with E-state index in [1.165, 1.54) is 4.90 Å². The third-order valence-corrected chi connectivity index (χ3v) is 5.76. The van der Waals surface area contributed by atoms with E-state index >= 15 is 0 Å². The molecular formula is C29H24N2O3. The van der Waals surface area contributed by atoms with Gasteiger partial charge in [-0.05, 0) is 47.7 Å². The number of imide groups is 1. The van der Waals surface area contributed by atoms with Gasteiger partial charge in [-0.1, -0.05) is 73.7 Å². The largest absolute Gasteiger partial charge is 0.494 e. The van der Waals surface area contributed by atoms with Crippen LogP contribution in [0, 0.1) is 0 Å². The number of amides is 2. The molecule has 0 saturated heterocycles. The quantitative estimate of drug-likeness (QED) is 0.351. The summed E-state index contributed by atoms with van der Waals surface area (Å²) >= 11 is 0. The van der Waals surface area contributed by atoms with Gasteiger partial charge in [0.15, 0.2) is 0 Å². The van der Waals surface area contributed by atoms with Crippen LogP contribution in [0.15, 0.2) is 103 Å². The minimum atomic E-state index is -0.384. The topological polar surface area (TPSA) is 58.6 Å². The molecule has 0 fully saturated rings. The van der Waals surface area contributed by atoms with Crippen LogP contribution in [0.3, 0.4) is 0 Å². The molecule has 168 valence electrons. The number of carbonyl (C=O) groups excluding carboxylic acids is 2. The van der Waals surface area contributed by atoms with Crippen LogP contribution < -0.4 is 15.0 Å². The Kier molecular flexibility index (Phi) is 5.83. The molecule has 4 aromatic carbocycles. The van der Waals surface area contributed by atoms with Gasteiger partial charge in [0.1, 0.15) is 11.4 Å². The van der Waals surface area contributed by atoms with E-state index in [4.69, 9.17) is 4.74 Å². The van der Waals surface area contributed by atoms with Gasteiger partial charge in [-0.3, -0.25) is 9.59 Å². The minimum absolute atomic E-state index is 0.257. The van der Waals surface area contributed by atoms with Gasteiger partial charge in [-0.15, -0.1) is 0 Å². The highest BCUT2D eigenvalue weighted by Crippen LogP contribution is 2.35.